The topological polar surface area (TPSA) is 37.3 Å². The molecular formula is C10H6Cl4O2. The minimum atomic E-state index is -1.30. The van der Waals surface area contributed by atoms with E-state index < -0.39 is 15.7 Å². The Kier molecular flexibility index (Phi) is 2.83. The van der Waals surface area contributed by atoms with Crippen LogP contribution in [0.5, 0.6) is 0 Å². The molecule has 86 valence electrons. The zero-order valence-electron chi connectivity index (χ0n) is 7.81. The quantitative estimate of drug-likeness (QED) is 0.841. The van der Waals surface area contributed by atoms with E-state index in [0.717, 1.165) is 0 Å². The maximum atomic E-state index is 11.3. The van der Waals surface area contributed by atoms with Crippen LogP contribution in [0.15, 0.2) is 18.2 Å². The van der Waals surface area contributed by atoms with Crippen molar-refractivity contribution in [3.05, 3.63) is 33.8 Å². The highest BCUT2D eigenvalue weighted by molar-refractivity contribution is 6.54. The maximum absolute atomic E-state index is 11.3. The molecule has 0 amide bonds. The van der Waals surface area contributed by atoms with E-state index in [-0.39, 0.29) is 6.42 Å². The van der Waals surface area contributed by atoms with Crippen LogP contribution in [0.3, 0.4) is 0 Å². The molecule has 1 atom stereocenters. The van der Waals surface area contributed by atoms with E-state index in [0.29, 0.717) is 15.6 Å². The molecule has 6 heteroatoms. The summed E-state index contributed by atoms with van der Waals surface area (Å²) in [5.41, 5.74) is -0.868. The summed E-state index contributed by atoms with van der Waals surface area (Å²) >= 11 is 23.4. The average molecular weight is 300 g/mol. The van der Waals surface area contributed by atoms with Crippen molar-refractivity contribution in [1.29, 1.82) is 0 Å². The Morgan fingerprint density at radius 1 is 1.19 bits per heavy atom. The van der Waals surface area contributed by atoms with E-state index in [4.69, 9.17) is 46.4 Å². The van der Waals surface area contributed by atoms with Gasteiger partial charge in [0, 0.05) is 16.5 Å². The van der Waals surface area contributed by atoms with Crippen molar-refractivity contribution in [2.24, 2.45) is 0 Å². The second-order valence-corrected chi connectivity index (χ2v) is 6.11. The summed E-state index contributed by atoms with van der Waals surface area (Å²) in [6, 6.07) is 4.57. The Labute approximate surface area is 112 Å². The number of aliphatic carboxylic acids is 1. The van der Waals surface area contributed by atoms with Gasteiger partial charge in [-0.1, -0.05) is 46.4 Å². The highest BCUT2D eigenvalue weighted by Gasteiger charge is 2.72. The lowest BCUT2D eigenvalue weighted by Crippen LogP contribution is -2.26. The number of carboxylic acids is 1. The van der Waals surface area contributed by atoms with Gasteiger partial charge in [-0.2, -0.15) is 0 Å². The normalized spacial score (nSPS) is 26.5. The minimum absolute atomic E-state index is 0.148. The first-order chi connectivity index (χ1) is 7.29. The summed E-state index contributed by atoms with van der Waals surface area (Å²) in [6.07, 6.45) is 0.148. The summed E-state index contributed by atoms with van der Waals surface area (Å²) in [4.78, 5) is 11.3. The van der Waals surface area contributed by atoms with Gasteiger partial charge < -0.3 is 5.11 Å². The van der Waals surface area contributed by atoms with Gasteiger partial charge in [0.25, 0.3) is 0 Å². The molecule has 1 N–H and O–H groups in total. The molecule has 1 unspecified atom stereocenters. The predicted molar refractivity (Wildman–Crippen MR) is 64.8 cm³/mol. The van der Waals surface area contributed by atoms with Crippen molar-refractivity contribution in [1.82, 2.24) is 0 Å². The summed E-state index contributed by atoms with van der Waals surface area (Å²) in [6.45, 7) is 0. The van der Waals surface area contributed by atoms with Gasteiger partial charge >= 0.3 is 5.97 Å². The molecule has 1 saturated carbocycles. The lowest BCUT2D eigenvalue weighted by molar-refractivity contribution is -0.140. The lowest BCUT2D eigenvalue weighted by Gasteiger charge is -2.14. The molecule has 1 fully saturated rings. The Morgan fingerprint density at radius 2 is 1.62 bits per heavy atom. The Bertz CT molecular complexity index is 452. The maximum Gasteiger partial charge on any atom is 0.317 e. The van der Waals surface area contributed by atoms with Crippen LogP contribution in [0, 0.1) is 0 Å². The van der Waals surface area contributed by atoms with E-state index >= 15 is 0 Å². The van der Waals surface area contributed by atoms with Crippen LogP contribution in [-0.4, -0.2) is 15.4 Å². The number of hydrogen-bond acceptors (Lipinski definition) is 1. The monoisotopic (exact) mass is 298 g/mol. The number of benzene rings is 1. The molecule has 0 heterocycles. The van der Waals surface area contributed by atoms with Gasteiger partial charge in [-0.05, 0) is 23.8 Å². The zero-order chi connectivity index (χ0) is 12.1. The van der Waals surface area contributed by atoms with E-state index in [1.54, 1.807) is 0 Å². The first kappa shape index (κ1) is 12.3. The van der Waals surface area contributed by atoms with Gasteiger partial charge in [0.2, 0.25) is 0 Å². The third-order valence-corrected chi connectivity index (χ3v) is 4.06. The Morgan fingerprint density at radius 3 is 1.94 bits per heavy atom. The fourth-order valence-electron chi connectivity index (χ4n) is 1.76. The number of carbonyl (C=O) groups is 1. The molecule has 0 saturated heterocycles. The number of rotatable bonds is 2. The second kappa shape index (κ2) is 3.67. The number of alkyl halides is 2. The van der Waals surface area contributed by atoms with Gasteiger partial charge in [0.05, 0.1) is 0 Å². The third-order valence-electron chi connectivity index (χ3n) is 2.71. The summed E-state index contributed by atoms with van der Waals surface area (Å²) in [5, 5.41) is 9.94. The zero-order valence-corrected chi connectivity index (χ0v) is 10.8. The van der Waals surface area contributed by atoms with Crippen molar-refractivity contribution in [3.63, 3.8) is 0 Å². The van der Waals surface area contributed by atoms with Crippen molar-refractivity contribution in [3.8, 4) is 0 Å². The highest BCUT2D eigenvalue weighted by atomic mass is 35.5. The Hall–Kier alpha value is -0.150. The van der Waals surface area contributed by atoms with E-state index in [1.165, 1.54) is 18.2 Å². The Balaban J connectivity index is 2.55. The average Bonchev–Trinajstić information content (AvgIpc) is 2.69. The molecule has 0 spiro atoms. The number of halogens is 4. The van der Waals surface area contributed by atoms with Crippen LogP contribution in [0.25, 0.3) is 0 Å². The van der Waals surface area contributed by atoms with Crippen LogP contribution in [0.1, 0.15) is 12.0 Å². The highest BCUT2D eigenvalue weighted by Crippen LogP contribution is 2.65. The van der Waals surface area contributed by atoms with Crippen molar-refractivity contribution in [2.75, 3.05) is 0 Å². The summed E-state index contributed by atoms with van der Waals surface area (Å²) in [5.74, 6) is -1.07. The third kappa shape index (κ3) is 1.68. The van der Waals surface area contributed by atoms with E-state index in [2.05, 4.69) is 0 Å². The van der Waals surface area contributed by atoms with Gasteiger partial charge in [0.1, 0.15) is 9.75 Å². The lowest BCUT2D eigenvalue weighted by atomic mass is 9.96. The summed E-state index contributed by atoms with van der Waals surface area (Å²) in [7, 11) is 0. The largest absolute Gasteiger partial charge is 0.480 e. The van der Waals surface area contributed by atoms with Crippen LogP contribution in [0.2, 0.25) is 10.0 Å². The van der Waals surface area contributed by atoms with Crippen LogP contribution in [0.4, 0.5) is 0 Å². The molecule has 16 heavy (non-hydrogen) atoms. The van der Waals surface area contributed by atoms with Gasteiger partial charge in [0.15, 0.2) is 0 Å². The minimum Gasteiger partial charge on any atom is -0.480 e. The molecule has 1 aromatic rings. The molecular weight excluding hydrogens is 294 g/mol. The SMILES string of the molecule is O=C(O)C1(c2cc(Cl)cc(Cl)c2)CC1(Cl)Cl. The number of hydrogen-bond donors (Lipinski definition) is 1. The van der Waals surface area contributed by atoms with Gasteiger partial charge in [-0.15, -0.1) is 0 Å². The van der Waals surface area contributed by atoms with Crippen LogP contribution >= 0.6 is 46.4 Å². The standard InChI is InChI=1S/C10H6Cl4O2/c11-6-1-5(2-7(12)3-6)9(8(15)16)4-10(9,13)14/h1-3H,4H2,(H,15,16). The van der Waals surface area contributed by atoms with Crippen molar-refractivity contribution >= 4 is 52.4 Å². The smallest absolute Gasteiger partial charge is 0.317 e. The fraction of sp³-hybridized carbons (Fsp3) is 0.300. The van der Waals surface area contributed by atoms with E-state index in [1.807, 2.05) is 0 Å². The first-order valence-corrected chi connectivity index (χ1v) is 5.88. The molecule has 0 aliphatic heterocycles. The van der Waals surface area contributed by atoms with Crippen LogP contribution in [-0.2, 0) is 10.2 Å². The number of carboxylic acid groups (broad SMARTS) is 1. The predicted octanol–water partition coefficient (Wildman–Crippen LogP) is 3.89. The second-order valence-electron chi connectivity index (χ2n) is 3.75. The van der Waals surface area contributed by atoms with Crippen molar-refractivity contribution < 1.29 is 9.90 Å². The molecule has 1 aliphatic rings. The fourth-order valence-corrected chi connectivity index (χ4v) is 3.06. The molecule has 2 nitrogen and oxygen atoms in total. The molecule has 2 rings (SSSR count). The van der Waals surface area contributed by atoms with Gasteiger partial charge in [-0.25, -0.2) is 0 Å². The van der Waals surface area contributed by atoms with E-state index in [9.17, 15) is 9.90 Å². The van der Waals surface area contributed by atoms with Gasteiger partial charge in [-0.3, -0.25) is 4.79 Å². The van der Waals surface area contributed by atoms with Crippen molar-refractivity contribution in [2.45, 2.75) is 16.2 Å². The first-order valence-electron chi connectivity index (χ1n) is 4.37. The summed E-state index contributed by atoms with van der Waals surface area (Å²) < 4.78 is -1.30. The molecule has 0 radical (unpaired) electrons. The molecule has 0 bridgehead atoms. The molecule has 1 aliphatic carbocycles. The molecule has 1 aromatic carbocycles. The van der Waals surface area contributed by atoms with Crippen LogP contribution < -0.4 is 0 Å². The molecule has 0 aromatic heterocycles.